The number of para-hydroxylation sites is 1. The Labute approximate surface area is 86.1 Å². The molecule has 6 heteroatoms. The Morgan fingerprint density at radius 3 is 2.60 bits per heavy atom. The van der Waals surface area contributed by atoms with E-state index >= 15 is 0 Å². The van der Waals surface area contributed by atoms with E-state index in [0.29, 0.717) is 5.56 Å². The van der Waals surface area contributed by atoms with E-state index in [-0.39, 0.29) is 11.3 Å². The summed E-state index contributed by atoms with van der Waals surface area (Å²) in [4.78, 5) is 21.7. The highest BCUT2D eigenvalue weighted by molar-refractivity contribution is 5.97. The van der Waals surface area contributed by atoms with E-state index in [0.717, 1.165) is 0 Å². The van der Waals surface area contributed by atoms with Crippen molar-refractivity contribution in [3.05, 3.63) is 29.3 Å². The van der Waals surface area contributed by atoms with Crippen molar-refractivity contribution in [1.29, 1.82) is 0 Å². The van der Waals surface area contributed by atoms with Crippen molar-refractivity contribution < 1.29 is 14.7 Å². The number of aryl methyl sites for hydroxylation is 1. The van der Waals surface area contributed by atoms with Crippen LogP contribution in [0, 0.1) is 6.92 Å². The van der Waals surface area contributed by atoms with Crippen LogP contribution in [-0.2, 0) is 0 Å². The third-order valence-corrected chi connectivity index (χ3v) is 1.78. The molecule has 0 saturated heterocycles. The fourth-order valence-corrected chi connectivity index (χ4v) is 1.03. The zero-order valence-corrected chi connectivity index (χ0v) is 8.07. The third kappa shape index (κ3) is 2.60. The molecular formula is C9H11N3O3. The summed E-state index contributed by atoms with van der Waals surface area (Å²) < 4.78 is 0. The minimum absolute atomic E-state index is 0.0729. The SMILES string of the molecule is Cc1cccc(C(=O)NNC(N)=O)c1O. The molecular weight excluding hydrogens is 198 g/mol. The van der Waals surface area contributed by atoms with Crippen LogP contribution in [0.5, 0.6) is 5.75 Å². The van der Waals surface area contributed by atoms with Gasteiger partial charge in [-0.05, 0) is 18.6 Å². The van der Waals surface area contributed by atoms with Gasteiger partial charge in [-0.15, -0.1) is 0 Å². The minimum Gasteiger partial charge on any atom is -0.507 e. The Balaban J connectivity index is 2.82. The lowest BCUT2D eigenvalue weighted by Crippen LogP contribution is -2.44. The lowest BCUT2D eigenvalue weighted by Gasteiger charge is -2.07. The van der Waals surface area contributed by atoms with Crippen LogP contribution < -0.4 is 16.6 Å². The number of primary amides is 1. The Hall–Kier alpha value is -2.24. The van der Waals surface area contributed by atoms with Gasteiger partial charge in [-0.2, -0.15) is 0 Å². The smallest absolute Gasteiger partial charge is 0.330 e. The van der Waals surface area contributed by atoms with Crippen molar-refractivity contribution in [2.75, 3.05) is 0 Å². The van der Waals surface area contributed by atoms with Gasteiger partial charge < -0.3 is 10.8 Å². The lowest BCUT2D eigenvalue weighted by atomic mass is 10.1. The predicted octanol–water partition coefficient (Wildman–Crippen LogP) is 0.0137. The van der Waals surface area contributed by atoms with E-state index in [4.69, 9.17) is 5.73 Å². The molecule has 0 aliphatic rings. The van der Waals surface area contributed by atoms with Gasteiger partial charge in [0.2, 0.25) is 0 Å². The fourth-order valence-electron chi connectivity index (χ4n) is 1.03. The first-order valence-corrected chi connectivity index (χ1v) is 4.16. The number of urea groups is 1. The van der Waals surface area contributed by atoms with Crippen molar-refractivity contribution in [3.63, 3.8) is 0 Å². The Bertz CT molecular complexity index is 404. The molecule has 0 saturated carbocycles. The highest BCUT2D eigenvalue weighted by Gasteiger charge is 2.11. The van der Waals surface area contributed by atoms with Crippen LogP contribution in [0.4, 0.5) is 4.79 Å². The van der Waals surface area contributed by atoms with Crippen molar-refractivity contribution in [1.82, 2.24) is 10.9 Å². The summed E-state index contributed by atoms with van der Waals surface area (Å²) in [5.74, 6) is -0.753. The molecule has 3 amide bonds. The Morgan fingerprint density at radius 1 is 1.33 bits per heavy atom. The van der Waals surface area contributed by atoms with E-state index in [9.17, 15) is 14.7 Å². The Kier molecular flexibility index (Phi) is 3.12. The number of amides is 3. The molecule has 5 N–H and O–H groups in total. The topological polar surface area (TPSA) is 104 Å². The van der Waals surface area contributed by atoms with Gasteiger partial charge in [-0.3, -0.25) is 10.2 Å². The van der Waals surface area contributed by atoms with E-state index in [1.54, 1.807) is 19.1 Å². The number of benzene rings is 1. The fraction of sp³-hybridized carbons (Fsp3) is 0.111. The van der Waals surface area contributed by atoms with Crippen LogP contribution in [0.25, 0.3) is 0 Å². The summed E-state index contributed by atoms with van der Waals surface area (Å²) in [5.41, 5.74) is 9.37. The summed E-state index contributed by atoms with van der Waals surface area (Å²) in [6.45, 7) is 1.66. The predicted molar refractivity (Wildman–Crippen MR) is 53.0 cm³/mol. The molecule has 0 radical (unpaired) electrons. The van der Waals surface area contributed by atoms with E-state index in [2.05, 4.69) is 0 Å². The summed E-state index contributed by atoms with van der Waals surface area (Å²) >= 11 is 0. The molecule has 0 spiro atoms. The Morgan fingerprint density at radius 2 is 2.00 bits per heavy atom. The molecule has 80 valence electrons. The number of carbonyl (C=O) groups is 2. The molecule has 0 aromatic heterocycles. The summed E-state index contributed by atoms with van der Waals surface area (Å²) in [7, 11) is 0. The summed E-state index contributed by atoms with van der Waals surface area (Å²) in [6.07, 6.45) is 0. The van der Waals surface area contributed by atoms with Gasteiger partial charge in [0.05, 0.1) is 5.56 Å². The molecule has 0 unspecified atom stereocenters. The van der Waals surface area contributed by atoms with E-state index in [1.165, 1.54) is 6.07 Å². The maximum atomic E-state index is 11.4. The highest BCUT2D eigenvalue weighted by atomic mass is 16.3. The summed E-state index contributed by atoms with van der Waals surface area (Å²) in [5, 5.41) is 9.53. The zero-order valence-electron chi connectivity index (χ0n) is 8.07. The first kappa shape index (κ1) is 10.8. The molecule has 0 bridgehead atoms. The number of hydrogen-bond donors (Lipinski definition) is 4. The molecule has 1 rings (SSSR count). The van der Waals surface area contributed by atoms with Gasteiger partial charge in [0.15, 0.2) is 0 Å². The van der Waals surface area contributed by atoms with E-state index in [1.807, 2.05) is 10.9 Å². The van der Waals surface area contributed by atoms with Crippen molar-refractivity contribution in [2.24, 2.45) is 5.73 Å². The number of phenols is 1. The van der Waals surface area contributed by atoms with Crippen molar-refractivity contribution in [2.45, 2.75) is 6.92 Å². The second-order valence-electron chi connectivity index (χ2n) is 2.91. The van der Waals surface area contributed by atoms with Crippen molar-refractivity contribution >= 4 is 11.9 Å². The van der Waals surface area contributed by atoms with Gasteiger partial charge in [0.25, 0.3) is 5.91 Å². The minimum atomic E-state index is -0.879. The average Bonchev–Trinajstić information content (AvgIpc) is 2.18. The monoisotopic (exact) mass is 209 g/mol. The first-order chi connectivity index (χ1) is 7.02. The molecule has 0 heterocycles. The number of hydrazine groups is 1. The number of phenolic OH excluding ortho intramolecular Hbond substituents is 1. The zero-order chi connectivity index (χ0) is 11.4. The van der Waals surface area contributed by atoms with Gasteiger partial charge in [0, 0.05) is 0 Å². The average molecular weight is 209 g/mol. The molecule has 0 atom stereocenters. The van der Waals surface area contributed by atoms with Crippen LogP contribution in [-0.4, -0.2) is 17.0 Å². The molecule has 0 aliphatic carbocycles. The maximum absolute atomic E-state index is 11.4. The molecule has 15 heavy (non-hydrogen) atoms. The van der Waals surface area contributed by atoms with Crippen LogP contribution in [0.1, 0.15) is 15.9 Å². The van der Waals surface area contributed by atoms with Crippen LogP contribution in [0.3, 0.4) is 0 Å². The van der Waals surface area contributed by atoms with Gasteiger partial charge >= 0.3 is 6.03 Å². The molecule has 6 nitrogen and oxygen atoms in total. The number of nitrogens with one attached hydrogen (secondary N) is 2. The molecule has 1 aromatic rings. The van der Waals surface area contributed by atoms with Crippen LogP contribution in [0.15, 0.2) is 18.2 Å². The van der Waals surface area contributed by atoms with Crippen LogP contribution >= 0.6 is 0 Å². The van der Waals surface area contributed by atoms with Gasteiger partial charge in [0.1, 0.15) is 5.75 Å². The van der Waals surface area contributed by atoms with Crippen molar-refractivity contribution in [3.8, 4) is 5.75 Å². The molecule has 1 aromatic carbocycles. The lowest BCUT2D eigenvalue weighted by molar-refractivity contribution is 0.0934. The quantitative estimate of drug-likeness (QED) is 0.490. The van der Waals surface area contributed by atoms with Gasteiger partial charge in [-0.1, -0.05) is 12.1 Å². The number of aromatic hydroxyl groups is 1. The second kappa shape index (κ2) is 4.32. The second-order valence-corrected chi connectivity index (χ2v) is 2.91. The molecule has 0 aliphatic heterocycles. The number of nitrogens with two attached hydrogens (primary N) is 1. The van der Waals surface area contributed by atoms with Gasteiger partial charge in [-0.25, -0.2) is 10.2 Å². The van der Waals surface area contributed by atoms with Crippen LogP contribution in [0.2, 0.25) is 0 Å². The van der Waals surface area contributed by atoms with E-state index < -0.39 is 11.9 Å². The maximum Gasteiger partial charge on any atom is 0.330 e. The highest BCUT2D eigenvalue weighted by Crippen LogP contribution is 2.20. The third-order valence-electron chi connectivity index (χ3n) is 1.78. The molecule has 0 fully saturated rings. The number of carbonyl (C=O) groups excluding carboxylic acids is 2. The normalized spacial score (nSPS) is 9.40. The number of hydrogen-bond acceptors (Lipinski definition) is 3. The standard InChI is InChI=1S/C9H11N3O3/c1-5-3-2-4-6(7(5)13)8(14)11-12-9(10)15/h2-4,13H,1H3,(H,11,14)(H3,10,12,15). The summed E-state index contributed by atoms with van der Waals surface area (Å²) in [6, 6.07) is 3.83. The number of rotatable bonds is 1. The largest absolute Gasteiger partial charge is 0.507 e. The first-order valence-electron chi connectivity index (χ1n) is 4.16.